The Bertz CT molecular complexity index is 1040. The lowest BCUT2D eigenvalue weighted by Gasteiger charge is -2.62. The lowest BCUT2D eigenvalue weighted by atomic mass is 9.50. The Morgan fingerprint density at radius 1 is 1.19 bits per heavy atom. The van der Waals surface area contributed by atoms with Crippen LogP contribution >= 0.6 is 0 Å². The van der Waals surface area contributed by atoms with Gasteiger partial charge in [-0.2, -0.15) is 5.10 Å². The first-order valence-corrected chi connectivity index (χ1v) is 12.9. The normalized spacial score (nSPS) is 28.9. The molecule has 4 aliphatic carbocycles. The Balaban J connectivity index is 1.58. The van der Waals surface area contributed by atoms with Crippen LogP contribution in [0.2, 0.25) is 0 Å². The molecule has 5 N–H and O–H groups in total. The molecular weight excluding hydrogens is 460 g/mol. The smallest absolute Gasteiger partial charge is 0.312 e. The van der Waals surface area contributed by atoms with Crippen molar-refractivity contribution in [2.75, 3.05) is 6.61 Å². The monoisotopic (exact) mass is 500 g/mol. The Labute approximate surface area is 212 Å². The molecule has 10 nitrogen and oxygen atoms in total. The van der Waals surface area contributed by atoms with E-state index in [1.807, 2.05) is 33.8 Å². The number of hydrogen-bond donors (Lipinski definition) is 4. The van der Waals surface area contributed by atoms with Crippen LogP contribution in [-0.2, 0) is 4.79 Å². The molecule has 4 aliphatic rings. The fourth-order valence-corrected chi connectivity index (χ4v) is 6.88. The van der Waals surface area contributed by atoms with Crippen LogP contribution in [0, 0.1) is 17.8 Å². The van der Waals surface area contributed by atoms with E-state index in [0.717, 1.165) is 32.1 Å². The lowest BCUT2D eigenvalue weighted by molar-refractivity contribution is -0.120. The molecule has 4 bridgehead atoms. The van der Waals surface area contributed by atoms with Crippen molar-refractivity contribution in [3.63, 3.8) is 0 Å². The van der Waals surface area contributed by atoms with Gasteiger partial charge in [0.25, 0.3) is 5.91 Å². The van der Waals surface area contributed by atoms with Crippen LogP contribution in [-0.4, -0.2) is 50.8 Å². The number of aromatic nitrogens is 2. The van der Waals surface area contributed by atoms with Crippen LogP contribution in [0.1, 0.15) is 83.5 Å². The lowest BCUT2D eigenvalue weighted by Crippen LogP contribution is -2.70. The van der Waals surface area contributed by atoms with Crippen LogP contribution in [0.4, 0.5) is 4.79 Å². The number of hydrogen-bond acceptors (Lipinski definition) is 5. The van der Waals surface area contributed by atoms with Gasteiger partial charge in [0.1, 0.15) is 5.56 Å². The Kier molecular flexibility index (Phi) is 6.83. The molecule has 0 aliphatic heterocycles. The Morgan fingerprint density at radius 2 is 1.81 bits per heavy atom. The van der Waals surface area contributed by atoms with Gasteiger partial charge in [0.05, 0.1) is 18.3 Å². The van der Waals surface area contributed by atoms with Gasteiger partial charge in [-0.3, -0.25) is 9.59 Å². The molecule has 5 rings (SSSR count). The van der Waals surface area contributed by atoms with Crippen LogP contribution in [0.5, 0.6) is 5.88 Å². The highest BCUT2D eigenvalue weighted by Gasteiger charge is 2.58. The summed E-state index contributed by atoms with van der Waals surface area (Å²) in [5.74, 6) is 1.16. The number of carbonyl (C=O) groups excluding carboxylic acids is 3. The summed E-state index contributed by atoms with van der Waals surface area (Å²) in [7, 11) is 0. The maximum absolute atomic E-state index is 13.6. The van der Waals surface area contributed by atoms with Crippen molar-refractivity contribution >= 4 is 24.0 Å². The number of primary amides is 1. The zero-order valence-electron chi connectivity index (χ0n) is 22.0. The minimum atomic E-state index is -0.601. The zero-order chi connectivity index (χ0) is 26.3. The number of urea groups is 1. The van der Waals surface area contributed by atoms with Crippen molar-refractivity contribution < 1.29 is 19.1 Å². The molecule has 0 saturated heterocycles. The van der Waals surface area contributed by atoms with Crippen molar-refractivity contribution in [3.8, 4) is 5.88 Å². The first-order valence-electron chi connectivity index (χ1n) is 12.9. The largest absolute Gasteiger partial charge is 0.477 e. The van der Waals surface area contributed by atoms with E-state index >= 15 is 0 Å². The molecule has 0 radical (unpaired) electrons. The van der Waals surface area contributed by atoms with E-state index in [2.05, 4.69) is 21.0 Å². The zero-order valence-corrected chi connectivity index (χ0v) is 22.0. The van der Waals surface area contributed by atoms with Gasteiger partial charge < -0.3 is 26.4 Å². The van der Waals surface area contributed by atoms with Crippen molar-refractivity contribution in [2.45, 2.75) is 89.8 Å². The molecule has 1 aromatic heterocycles. The van der Waals surface area contributed by atoms with E-state index in [4.69, 9.17) is 10.5 Å². The highest BCUT2D eigenvalue weighted by atomic mass is 16.5. The molecular formula is C26H40N6O4. The van der Waals surface area contributed by atoms with Crippen molar-refractivity contribution in [1.82, 2.24) is 25.7 Å². The van der Waals surface area contributed by atoms with Gasteiger partial charge in [0.2, 0.25) is 11.8 Å². The summed E-state index contributed by atoms with van der Waals surface area (Å²) in [5.41, 5.74) is 4.56. The third-order valence-corrected chi connectivity index (χ3v) is 7.51. The molecule has 4 fully saturated rings. The van der Waals surface area contributed by atoms with E-state index in [1.54, 1.807) is 6.20 Å². The van der Waals surface area contributed by atoms with E-state index in [-0.39, 0.29) is 28.8 Å². The van der Waals surface area contributed by atoms with Gasteiger partial charge >= 0.3 is 6.03 Å². The number of nitrogens with zero attached hydrogens (tertiary/aromatic N) is 2. The third-order valence-electron chi connectivity index (χ3n) is 7.51. The number of amides is 4. The quantitative estimate of drug-likeness (QED) is 0.413. The molecule has 0 aromatic carbocycles. The number of nitrogens with one attached hydrogen (secondary N) is 3. The molecule has 10 heteroatoms. The third kappa shape index (κ3) is 5.68. The van der Waals surface area contributed by atoms with Crippen molar-refractivity contribution in [3.05, 3.63) is 17.8 Å². The average molecular weight is 501 g/mol. The Morgan fingerprint density at radius 3 is 2.36 bits per heavy atom. The molecule has 36 heavy (non-hydrogen) atoms. The summed E-state index contributed by atoms with van der Waals surface area (Å²) in [6, 6.07) is -0.502. The summed E-state index contributed by atoms with van der Waals surface area (Å²) >= 11 is 0. The predicted octanol–water partition coefficient (Wildman–Crippen LogP) is 2.79. The number of nitrogens with two attached hydrogens (primary N) is 1. The predicted molar refractivity (Wildman–Crippen MR) is 136 cm³/mol. The summed E-state index contributed by atoms with van der Waals surface area (Å²) in [5, 5.41) is 13.6. The summed E-state index contributed by atoms with van der Waals surface area (Å²) in [6.07, 6.45) is 10.5. The minimum absolute atomic E-state index is 0.138. The molecule has 1 heterocycles. The molecule has 2 atom stereocenters. The fourth-order valence-electron chi connectivity index (χ4n) is 6.88. The maximum atomic E-state index is 13.6. The number of ether oxygens (including phenoxy) is 1. The van der Waals surface area contributed by atoms with Crippen LogP contribution in [0.3, 0.4) is 0 Å². The molecule has 198 valence electrons. The average Bonchev–Trinajstić information content (AvgIpc) is 3.10. The van der Waals surface area contributed by atoms with E-state index in [0.29, 0.717) is 36.3 Å². The van der Waals surface area contributed by atoms with Crippen molar-refractivity contribution in [1.29, 1.82) is 0 Å². The van der Waals surface area contributed by atoms with E-state index in [9.17, 15) is 14.4 Å². The van der Waals surface area contributed by atoms with Gasteiger partial charge in [-0.25, -0.2) is 9.48 Å². The fraction of sp³-hybridized carbons (Fsp3) is 0.692. The van der Waals surface area contributed by atoms with Gasteiger partial charge in [-0.1, -0.05) is 13.8 Å². The molecule has 4 amide bonds. The van der Waals surface area contributed by atoms with Crippen molar-refractivity contribution in [2.24, 2.45) is 23.5 Å². The second-order valence-corrected chi connectivity index (χ2v) is 12.2. The first-order chi connectivity index (χ1) is 16.8. The Hall–Kier alpha value is -3.04. The second-order valence-electron chi connectivity index (χ2n) is 12.2. The maximum Gasteiger partial charge on any atom is 0.312 e. The second kappa shape index (κ2) is 9.44. The van der Waals surface area contributed by atoms with Gasteiger partial charge in [-0.05, 0) is 76.2 Å². The van der Waals surface area contributed by atoms with E-state index < -0.39 is 11.6 Å². The minimum Gasteiger partial charge on any atom is -0.477 e. The first kappa shape index (κ1) is 26.0. The highest BCUT2D eigenvalue weighted by Crippen LogP contribution is 2.57. The molecule has 1 aromatic rings. The van der Waals surface area contributed by atoms with E-state index in [1.165, 1.54) is 17.8 Å². The van der Waals surface area contributed by atoms with Gasteiger partial charge in [0.15, 0.2) is 0 Å². The number of rotatable bonds is 9. The molecule has 2 unspecified atom stereocenters. The molecule has 0 spiro atoms. The van der Waals surface area contributed by atoms with Gasteiger partial charge in [-0.15, -0.1) is 0 Å². The number of carbonyl (C=O) groups is 3. The van der Waals surface area contributed by atoms with Gasteiger partial charge in [0, 0.05) is 24.2 Å². The summed E-state index contributed by atoms with van der Waals surface area (Å²) in [6.45, 7) is 9.72. The standard InChI is InChI=1S/C26H40N6O4/c1-16(2)14-36-22-20(13-28-32(22)7-6-24(4,5)29-17(3)33)21(34)30-25-9-18-8-19(10-25)12-26(11-18,15-25)31-23(27)35/h6-7,13,16,18-19H,8-12,14-15H2,1-5H3,(H,29,33)(H,30,34)(H3,27,31,35)/b7-6+/t18?,19?,25-,26-. The molecule has 4 saturated carbocycles. The highest BCUT2D eigenvalue weighted by molar-refractivity contribution is 5.97. The van der Waals surface area contributed by atoms with Crippen LogP contribution in [0.15, 0.2) is 12.3 Å². The summed E-state index contributed by atoms with van der Waals surface area (Å²) in [4.78, 5) is 36.9. The van der Waals surface area contributed by atoms with Crippen LogP contribution < -0.4 is 26.4 Å². The summed E-state index contributed by atoms with van der Waals surface area (Å²) < 4.78 is 7.60. The SMILES string of the molecule is CC(=O)NC(C)(C)/C=C/n1ncc(C(=O)N[C@]23CC4CC(C[C@@](NC(N)=O)(C4)C2)C3)c1OCC(C)C. The topological polar surface area (TPSA) is 140 Å². The van der Waals surface area contributed by atoms with Crippen LogP contribution in [0.25, 0.3) is 6.20 Å².